The maximum Gasteiger partial charge on any atom is 0.253 e. The molecule has 2 rings (SSSR count). The first-order valence-corrected chi connectivity index (χ1v) is 11.0. The quantitative estimate of drug-likeness (QED) is 0.439. The molecule has 6 heteroatoms. The second-order valence-corrected chi connectivity index (χ2v) is 8.00. The summed E-state index contributed by atoms with van der Waals surface area (Å²) in [5.41, 5.74) is 2.65. The first-order chi connectivity index (χ1) is 14.9. The lowest BCUT2D eigenvalue weighted by atomic mass is 10.1. The van der Waals surface area contributed by atoms with Crippen molar-refractivity contribution >= 4 is 23.2 Å². The van der Waals surface area contributed by atoms with E-state index in [-0.39, 0.29) is 17.6 Å². The summed E-state index contributed by atoms with van der Waals surface area (Å²) in [6.45, 7) is 2.48. The minimum atomic E-state index is -0.311. The molecule has 2 N–H and O–H groups in total. The standard InChI is InChI=1S/C25H34FN3O2/c1-4-5-6-7-8-9-10-24(30)28-21-15-16-23(29(2)3)22(17-21)25(31)27-18-19-11-13-20(26)14-12-19/h11-17H,4-10,18H2,1-3H3,(H,27,31)(H,28,30). The number of rotatable bonds is 12. The number of benzene rings is 2. The average molecular weight is 428 g/mol. The molecule has 2 aromatic rings. The molecular weight excluding hydrogens is 393 g/mol. The normalized spacial score (nSPS) is 10.6. The zero-order valence-electron chi connectivity index (χ0n) is 18.8. The molecule has 168 valence electrons. The van der Waals surface area contributed by atoms with Crippen LogP contribution in [-0.4, -0.2) is 25.9 Å². The fourth-order valence-corrected chi connectivity index (χ4v) is 3.35. The van der Waals surface area contributed by atoms with Gasteiger partial charge in [-0.25, -0.2) is 4.39 Å². The molecule has 31 heavy (non-hydrogen) atoms. The lowest BCUT2D eigenvalue weighted by molar-refractivity contribution is -0.116. The van der Waals surface area contributed by atoms with Crippen LogP contribution in [0.25, 0.3) is 0 Å². The number of halogens is 1. The van der Waals surface area contributed by atoms with E-state index in [1.54, 1.807) is 18.2 Å². The third-order valence-electron chi connectivity index (χ3n) is 5.13. The van der Waals surface area contributed by atoms with Crippen LogP contribution in [0.4, 0.5) is 15.8 Å². The zero-order valence-corrected chi connectivity index (χ0v) is 18.8. The van der Waals surface area contributed by atoms with Gasteiger partial charge in [0.25, 0.3) is 5.91 Å². The van der Waals surface area contributed by atoms with Crippen LogP contribution < -0.4 is 15.5 Å². The molecule has 0 fully saturated rings. The molecule has 5 nitrogen and oxygen atoms in total. The maximum absolute atomic E-state index is 13.1. The molecule has 0 saturated heterocycles. The summed E-state index contributed by atoms with van der Waals surface area (Å²) in [6.07, 6.45) is 7.26. The number of amides is 2. The molecule has 0 atom stereocenters. The number of nitrogens with zero attached hydrogens (tertiary/aromatic N) is 1. The fraction of sp³-hybridized carbons (Fsp3) is 0.440. The summed E-state index contributed by atoms with van der Waals surface area (Å²) in [6, 6.07) is 11.4. The van der Waals surface area contributed by atoms with Crippen LogP contribution >= 0.6 is 0 Å². The van der Waals surface area contributed by atoms with Crippen molar-refractivity contribution in [2.45, 2.75) is 58.4 Å². The van der Waals surface area contributed by atoms with Gasteiger partial charge >= 0.3 is 0 Å². The highest BCUT2D eigenvalue weighted by molar-refractivity contribution is 6.02. The Morgan fingerprint density at radius 1 is 0.935 bits per heavy atom. The summed E-state index contributed by atoms with van der Waals surface area (Å²) in [4.78, 5) is 27.0. The molecule has 0 saturated carbocycles. The molecule has 0 spiro atoms. The summed E-state index contributed by atoms with van der Waals surface area (Å²) in [5.74, 6) is -0.597. The zero-order chi connectivity index (χ0) is 22.6. The van der Waals surface area contributed by atoms with Crippen LogP contribution in [0.5, 0.6) is 0 Å². The molecule has 0 aliphatic heterocycles. The molecule has 0 bridgehead atoms. The maximum atomic E-state index is 13.1. The molecule has 0 unspecified atom stereocenters. The third kappa shape index (κ3) is 8.40. The van der Waals surface area contributed by atoms with E-state index in [4.69, 9.17) is 0 Å². The Morgan fingerprint density at radius 2 is 1.61 bits per heavy atom. The van der Waals surface area contributed by atoms with Crippen LogP contribution in [-0.2, 0) is 11.3 Å². The lowest BCUT2D eigenvalue weighted by Crippen LogP contribution is -2.25. The molecular formula is C25H34FN3O2. The number of unbranched alkanes of at least 4 members (excludes halogenated alkanes) is 5. The van der Waals surface area contributed by atoms with E-state index in [2.05, 4.69) is 17.6 Å². The first kappa shape index (κ1) is 24.4. The summed E-state index contributed by atoms with van der Waals surface area (Å²) in [5, 5.41) is 5.77. The van der Waals surface area contributed by atoms with Gasteiger partial charge in [0, 0.05) is 38.4 Å². The predicted molar refractivity (Wildman–Crippen MR) is 125 cm³/mol. The van der Waals surface area contributed by atoms with E-state index in [9.17, 15) is 14.0 Å². The van der Waals surface area contributed by atoms with Crippen molar-refractivity contribution < 1.29 is 14.0 Å². The number of hydrogen-bond acceptors (Lipinski definition) is 3. The van der Waals surface area contributed by atoms with Crippen molar-refractivity contribution in [2.75, 3.05) is 24.3 Å². The Morgan fingerprint density at radius 3 is 2.29 bits per heavy atom. The van der Waals surface area contributed by atoms with Crippen molar-refractivity contribution in [1.82, 2.24) is 5.32 Å². The van der Waals surface area contributed by atoms with Crippen LogP contribution in [0, 0.1) is 5.82 Å². The van der Waals surface area contributed by atoms with Gasteiger partial charge in [-0.2, -0.15) is 0 Å². The Labute approximate surface area is 185 Å². The van der Waals surface area contributed by atoms with Gasteiger partial charge < -0.3 is 15.5 Å². The van der Waals surface area contributed by atoms with Gasteiger partial charge in [0.1, 0.15) is 5.82 Å². The van der Waals surface area contributed by atoms with Gasteiger partial charge in [0.15, 0.2) is 0 Å². The Balaban J connectivity index is 1.96. The van der Waals surface area contributed by atoms with Crippen LogP contribution in [0.3, 0.4) is 0 Å². The van der Waals surface area contributed by atoms with Gasteiger partial charge in [-0.15, -0.1) is 0 Å². The monoisotopic (exact) mass is 427 g/mol. The van der Waals surface area contributed by atoms with E-state index in [1.807, 2.05) is 31.1 Å². The SMILES string of the molecule is CCCCCCCCC(=O)Nc1ccc(N(C)C)c(C(=O)NCc2ccc(F)cc2)c1. The molecule has 2 aromatic carbocycles. The van der Waals surface area contributed by atoms with Gasteiger partial charge in [-0.05, 0) is 42.3 Å². The van der Waals surface area contributed by atoms with Gasteiger partial charge in [-0.1, -0.05) is 51.2 Å². The summed E-state index contributed by atoms with van der Waals surface area (Å²) >= 11 is 0. The van der Waals surface area contributed by atoms with Crippen molar-refractivity contribution in [1.29, 1.82) is 0 Å². The molecule has 2 amide bonds. The Kier molecular flexibility index (Phi) is 10.0. The average Bonchev–Trinajstić information content (AvgIpc) is 2.75. The highest BCUT2D eigenvalue weighted by atomic mass is 19.1. The van der Waals surface area contributed by atoms with E-state index in [0.29, 0.717) is 24.2 Å². The Bertz CT molecular complexity index is 850. The van der Waals surface area contributed by atoms with E-state index >= 15 is 0 Å². The molecule has 0 aliphatic rings. The van der Waals surface area contributed by atoms with E-state index in [1.165, 1.54) is 31.4 Å². The molecule has 0 aliphatic carbocycles. The topological polar surface area (TPSA) is 61.4 Å². The minimum absolute atomic E-state index is 0.0363. The number of hydrogen-bond donors (Lipinski definition) is 2. The Hall–Kier alpha value is -2.89. The van der Waals surface area contributed by atoms with Crippen molar-refractivity contribution in [3.05, 3.63) is 59.4 Å². The second kappa shape index (κ2) is 12.7. The number of nitrogens with one attached hydrogen (secondary N) is 2. The first-order valence-electron chi connectivity index (χ1n) is 11.0. The number of carbonyl (C=O) groups is 2. The van der Waals surface area contributed by atoms with E-state index < -0.39 is 0 Å². The second-order valence-electron chi connectivity index (χ2n) is 8.00. The highest BCUT2D eigenvalue weighted by Gasteiger charge is 2.15. The van der Waals surface area contributed by atoms with E-state index in [0.717, 1.165) is 30.5 Å². The van der Waals surface area contributed by atoms with Gasteiger partial charge in [-0.3, -0.25) is 9.59 Å². The molecule has 0 heterocycles. The summed E-state index contributed by atoms with van der Waals surface area (Å²) < 4.78 is 13.1. The largest absolute Gasteiger partial charge is 0.377 e. The summed E-state index contributed by atoms with van der Waals surface area (Å²) in [7, 11) is 3.73. The van der Waals surface area contributed by atoms with Crippen LogP contribution in [0.1, 0.15) is 67.8 Å². The fourth-order valence-electron chi connectivity index (χ4n) is 3.35. The van der Waals surface area contributed by atoms with Gasteiger partial charge in [0.2, 0.25) is 5.91 Å². The van der Waals surface area contributed by atoms with Crippen LogP contribution in [0.15, 0.2) is 42.5 Å². The minimum Gasteiger partial charge on any atom is -0.377 e. The number of carbonyl (C=O) groups excluding carboxylic acids is 2. The predicted octanol–water partition coefficient (Wildman–Crippen LogP) is 5.51. The molecule has 0 aromatic heterocycles. The van der Waals surface area contributed by atoms with Crippen molar-refractivity contribution in [3.8, 4) is 0 Å². The van der Waals surface area contributed by atoms with Crippen LogP contribution in [0.2, 0.25) is 0 Å². The smallest absolute Gasteiger partial charge is 0.253 e. The van der Waals surface area contributed by atoms with Gasteiger partial charge in [0.05, 0.1) is 5.56 Å². The highest BCUT2D eigenvalue weighted by Crippen LogP contribution is 2.23. The van der Waals surface area contributed by atoms with Crippen molar-refractivity contribution in [3.63, 3.8) is 0 Å². The number of anilines is 2. The molecule has 0 radical (unpaired) electrons. The van der Waals surface area contributed by atoms with Crippen molar-refractivity contribution in [2.24, 2.45) is 0 Å². The lowest BCUT2D eigenvalue weighted by Gasteiger charge is -2.18. The third-order valence-corrected chi connectivity index (χ3v) is 5.13.